The van der Waals surface area contributed by atoms with Crippen LogP contribution >= 0.6 is 0 Å². The van der Waals surface area contributed by atoms with Crippen LogP contribution in [0, 0.1) is 13.8 Å². The Bertz CT molecular complexity index is 1170. The second kappa shape index (κ2) is 7.14. The Labute approximate surface area is 184 Å². The molecule has 0 amide bonds. The summed E-state index contributed by atoms with van der Waals surface area (Å²) in [4.78, 5) is 12.3. The molecule has 1 aliphatic carbocycles. The van der Waals surface area contributed by atoms with Gasteiger partial charge in [-0.05, 0) is 75.8 Å². The second-order valence-corrected chi connectivity index (χ2v) is 10.1. The van der Waals surface area contributed by atoms with Crippen molar-refractivity contribution in [2.45, 2.75) is 83.5 Å². The number of aromatic nitrogens is 3. The van der Waals surface area contributed by atoms with Crippen molar-refractivity contribution in [1.82, 2.24) is 19.4 Å². The summed E-state index contributed by atoms with van der Waals surface area (Å²) in [6.45, 7) is 6.95. The lowest BCUT2D eigenvalue weighted by Gasteiger charge is -2.40. The van der Waals surface area contributed by atoms with E-state index in [1.807, 2.05) is 19.2 Å². The van der Waals surface area contributed by atoms with Crippen LogP contribution in [0.3, 0.4) is 0 Å². The Balaban J connectivity index is 1.48. The number of aliphatic hydroxyl groups is 1. The van der Waals surface area contributed by atoms with Gasteiger partial charge >= 0.3 is 0 Å². The average Bonchev–Trinajstić information content (AvgIpc) is 3.04. The minimum Gasteiger partial charge on any atom is -0.383 e. The summed E-state index contributed by atoms with van der Waals surface area (Å²) in [7, 11) is 0. The van der Waals surface area contributed by atoms with Gasteiger partial charge in [-0.15, -0.1) is 0 Å². The van der Waals surface area contributed by atoms with Gasteiger partial charge < -0.3 is 9.67 Å². The number of fused-ring (bicyclic) bond motifs is 5. The SMILES string of the molecule is Cc1cnc2c(c1)c1c(n2CC2(O)CCCc3nc(C)ccc32)CC2CCCCN2C1. The van der Waals surface area contributed by atoms with Crippen LogP contribution in [0.1, 0.15) is 65.9 Å². The molecule has 3 aliphatic rings. The number of rotatable bonds is 2. The molecule has 2 atom stereocenters. The molecule has 0 spiro atoms. The number of pyridine rings is 2. The Morgan fingerprint density at radius 3 is 3.00 bits per heavy atom. The molecule has 3 aromatic rings. The van der Waals surface area contributed by atoms with Crippen LogP contribution in [0.25, 0.3) is 11.0 Å². The Hall–Kier alpha value is -2.24. The third-order valence-electron chi connectivity index (χ3n) is 7.84. The number of hydrogen-bond donors (Lipinski definition) is 1. The van der Waals surface area contributed by atoms with Crippen molar-refractivity contribution in [3.8, 4) is 0 Å². The third-order valence-corrected chi connectivity index (χ3v) is 7.84. The van der Waals surface area contributed by atoms with Crippen LogP contribution in [0.5, 0.6) is 0 Å². The molecule has 0 bridgehead atoms. The van der Waals surface area contributed by atoms with Gasteiger partial charge in [0.25, 0.3) is 0 Å². The third kappa shape index (κ3) is 3.13. The van der Waals surface area contributed by atoms with Gasteiger partial charge in [-0.3, -0.25) is 9.88 Å². The van der Waals surface area contributed by atoms with E-state index in [4.69, 9.17) is 9.97 Å². The summed E-state index contributed by atoms with van der Waals surface area (Å²) in [5, 5.41) is 13.2. The van der Waals surface area contributed by atoms with Crippen molar-refractivity contribution in [2.75, 3.05) is 6.54 Å². The monoisotopic (exact) mass is 416 g/mol. The first-order valence-corrected chi connectivity index (χ1v) is 11.9. The van der Waals surface area contributed by atoms with E-state index in [0.29, 0.717) is 12.6 Å². The highest BCUT2D eigenvalue weighted by molar-refractivity contribution is 5.83. The molecule has 31 heavy (non-hydrogen) atoms. The maximum absolute atomic E-state index is 11.9. The minimum atomic E-state index is -0.885. The lowest BCUT2D eigenvalue weighted by Crippen LogP contribution is -2.44. The molecule has 6 rings (SSSR count). The molecular weight excluding hydrogens is 384 g/mol. The zero-order valence-corrected chi connectivity index (χ0v) is 18.7. The molecule has 1 N–H and O–H groups in total. The van der Waals surface area contributed by atoms with Crippen molar-refractivity contribution in [1.29, 1.82) is 0 Å². The van der Waals surface area contributed by atoms with Gasteiger partial charge in [0.15, 0.2) is 0 Å². The molecule has 5 heterocycles. The Kier molecular flexibility index (Phi) is 4.48. The second-order valence-electron chi connectivity index (χ2n) is 10.1. The molecule has 162 valence electrons. The molecule has 5 nitrogen and oxygen atoms in total. The van der Waals surface area contributed by atoms with Crippen molar-refractivity contribution >= 4 is 11.0 Å². The largest absolute Gasteiger partial charge is 0.383 e. The predicted molar refractivity (Wildman–Crippen MR) is 122 cm³/mol. The van der Waals surface area contributed by atoms with Crippen LogP contribution < -0.4 is 0 Å². The maximum atomic E-state index is 11.9. The molecule has 2 aliphatic heterocycles. The van der Waals surface area contributed by atoms with Crippen LogP contribution in [0.2, 0.25) is 0 Å². The van der Waals surface area contributed by atoms with Crippen molar-refractivity contribution in [3.63, 3.8) is 0 Å². The van der Waals surface area contributed by atoms with Crippen LogP contribution in [0.15, 0.2) is 24.4 Å². The van der Waals surface area contributed by atoms with E-state index in [0.717, 1.165) is 54.8 Å². The Morgan fingerprint density at radius 1 is 1.19 bits per heavy atom. The molecule has 3 aromatic heterocycles. The first kappa shape index (κ1) is 19.4. The van der Waals surface area contributed by atoms with Gasteiger partial charge in [-0.1, -0.05) is 12.5 Å². The Morgan fingerprint density at radius 2 is 2.10 bits per heavy atom. The van der Waals surface area contributed by atoms with Gasteiger partial charge in [-0.2, -0.15) is 0 Å². The molecule has 1 fully saturated rings. The summed E-state index contributed by atoms with van der Waals surface area (Å²) in [6, 6.07) is 7.07. The number of nitrogens with zero attached hydrogens (tertiary/aromatic N) is 4. The van der Waals surface area contributed by atoms with E-state index < -0.39 is 5.60 Å². The number of piperidine rings is 1. The van der Waals surface area contributed by atoms with E-state index in [9.17, 15) is 5.11 Å². The quantitative estimate of drug-likeness (QED) is 0.681. The molecule has 0 radical (unpaired) electrons. The molecule has 0 saturated carbocycles. The lowest BCUT2D eigenvalue weighted by molar-refractivity contribution is 0.000365. The fraction of sp³-hybridized carbons (Fsp3) is 0.538. The lowest BCUT2D eigenvalue weighted by atomic mass is 9.81. The van der Waals surface area contributed by atoms with Crippen molar-refractivity contribution in [2.24, 2.45) is 0 Å². The standard InChI is InChI=1S/C26H32N4O/c1-17-12-20-21-15-29-11-4-3-6-19(29)13-24(21)30(25(20)27-14-17)16-26(31)10-5-7-23-22(26)9-8-18(2)28-23/h8-9,12,14,19,31H,3-7,10-11,13,15-16H2,1-2H3. The molecule has 5 heteroatoms. The van der Waals surface area contributed by atoms with E-state index >= 15 is 0 Å². The van der Waals surface area contributed by atoms with E-state index in [-0.39, 0.29) is 0 Å². The summed E-state index contributed by atoms with van der Waals surface area (Å²) >= 11 is 0. The fourth-order valence-corrected chi connectivity index (χ4v) is 6.28. The normalized spacial score (nSPS) is 25.8. The minimum absolute atomic E-state index is 0.569. The zero-order valence-electron chi connectivity index (χ0n) is 18.7. The molecule has 1 saturated heterocycles. The molecular formula is C26H32N4O. The highest BCUT2D eigenvalue weighted by atomic mass is 16.3. The highest BCUT2D eigenvalue weighted by Crippen LogP contribution is 2.40. The summed E-state index contributed by atoms with van der Waals surface area (Å²) in [5.41, 5.74) is 7.31. The predicted octanol–water partition coefficient (Wildman–Crippen LogP) is 4.18. The zero-order chi connectivity index (χ0) is 21.2. The molecule has 2 unspecified atom stereocenters. The number of aryl methyl sites for hydroxylation is 3. The van der Waals surface area contributed by atoms with Gasteiger partial charge in [0.1, 0.15) is 11.2 Å². The van der Waals surface area contributed by atoms with E-state index in [2.05, 4.69) is 28.5 Å². The van der Waals surface area contributed by atoms with Gasteiger partial charge in [0, 0.05) is 53.2 Å². The average molecular weight is 417 g/mol. The van der Waals surface area contributed by atoms with Crippen LogP contribution in [-0.4, -0.2) is 37.1 Å². The van der Waals surface area contributed by atoms with E-state index in [1.165, 1.54) is 48.0 Å². The highest BCUT2D eigenvalue weighted by Gasteiger charge is 2.39. The first-order valence-electron chi connectivity index (χ1n) is 11.9. The molecule has 0 aromatic carbocycles. The first-order chi connectivity index (χ1) is 15.0. The van der Waals surface area contributed by atoms with Gasteiger partial charge in [0.05, 0.1) is 6.54 Å². The number of hydrogen-bond acceptors (Lipinski definition) is 4. The maximum Gasteiger partial charge on any atom is 0.140 e. The van der Waals surface area contributed by atoms with Gasteiger partial charge in [0.2, 0.25) is 0 Å². The van der Waals surface area contributed by atoms with Crippen LogP contribution in [0.4, 0.5) is 0 Å². The van der Waals surface area contributed by atoms with Crippen molar-refractivity contribution in [3.05, 3.63) is 58.2 Å². The van der Waals surface area contributed by atoms with Crippen molar-refractivity contribution < 1.29 is 5.11 Å². The smallest absolute Gasteiger partial charge is 0.140 e. The van der Waals surface area contributed by atoms with Crippen LogP contribution in [-0.2, 0) is 31.5 Å². The summed E-state index contributed by atoms with van der Waals surface area (Å²) < 4.78 is 2.37. The fourth-order valence-electron chi connectivity index (χ4n) is 6.28. The summed E-state index contributed by atoms with van der Waals surface area (Å²) in [5.74, 6) is 0. The van der Waals surface area contributed by atoms with E-state index in [1.54, 1.807) is 0 Å². The van der Waals surface area contributed by atoms with Gasteiger partial charge in [-0.25, -0.2) is 4.98 Å². The topological polar surface area (TPSA) is 54.2 Å². The summed E-state index contributed by atoms with van der Waals surface area (Å²) in [6.07, 6.45) is 9.68.